The summed E-state index contributed by atoms with van der Waals surface area (Å²) in [6.07, 6.45) is 0.348. The Labute approximate surface area is 189 Å². The first-order chi connectivity index (χ1) is 15.3. The molecule has 2 aromatic rings. The van der Waals surface area contributed by atoms with E-state index in [1.54, 1.807) is 18.2 Å². The minimum atomic E-state index is -3.67. The summed E-state index contributed by atoms with van der Waals surface area (Å²) in [7, 11) is -2.15. The van der Waals surface area contributed by atoms with E-state index in [1.165, 1.54) is 18.3 Å². The topological polar surface area (TPSA) is 108 Å². The van der Waals surface area contributed by atoms with Gasteiger partial charge in [0.05, 0.1) is 18.8 Å². The number of aliphatic hydroxyl groups excluding tert-OH is 1. The molecule has 32 heavy (non-hydrogen) atoms. The Morgan fingerprint density at radius 3 is 2.38 bits per heavy atom. The van der Waals surface area contributed by atoms with E-state index in [2.05, 4.69) is 10.0 Å². The Morgan fingerprint density at radius 1 is 1.12 bits per heavy atom. The Hall–Kier alpha value is -2.46. The van der Waals surface area contributed by atoms with Crippen LogP contribution in [0.25, 0.3) is 0 Å². The molecule has 1 atom stereocenters. The van der Waals surface area contributed by atoms with E-state index < -0.39 is 21.7 Å². The second-order valence-electron chi connectivity index (χ2n) is 8.13. The third-order valence-corrected chi connectivity index (χ3v) is 7.48. The van der Waals surface area contributed by atoms with Gasteiger partial charge in [0.2, 0.25) is 0 Å². The van der Waals surface area contributed by atoms with Crippen molar-refractivity contribution in [2.75, 3.05) is 33.3 Å². The number of piperidine rings is 1. The fraction of sp³-hybridized carbons (Fsp3) is 0.435. The monoisotopic (exact) mass is 461 g/mol. The third-order valence-electron chi connectivity index (χ3n) is 5.91. The van der Waals surface area contributed by atoms with Crippen LogP contribution >= 0.6 is 0 Å². The molecular weight excluding hydrogens is 430 g/mol. The van der Waals surface area contributed by atoms with E-state index in [0.717, 1.165) is 5.56 Å². The largest absolute Gasteiger partial charge is 0.496 e. The second-order valence-corrected chi connectivity index (χ2v) is 9.89. The van der Waals surface area contributed by atoms with E-state index in [0.29, 0.717) is 43.8 Å². The van der Waals surface area contributed by atoms with E-state index >= 15 is 0 Å². The normalized spacial score (nSPS) is 17.5. The van der Waals surface area contributed by atoms with Gasteiger partial charge in [-0.05, 0) is 37.5 Å². The number of carbonyl (C=O) groups is 1. The van der Waals surface area contributed by atoms with Gasteiger partial charge in [-0.3, -0.25) is 4.79 Å². The summed E-state index contributed by atoms with van der Waals surface area (Å²) in [4.78, 5) is 12.9. The van der Waals surface area contributed by atoms with Crippen LogP contribution in [-0.4, -0.2) is 63.1 Å². The summed E-state index contributed by atoms with van der Waals surface area (Å²) in [5, 5.41) is 12.4. The third kappa shape index (κ3) is 5.66. The summed E-state index contributed by atoms with van der Waals surface area (Å²) in [5.41, 5.74) is 1.13. The highest BCUT2D eigenvalue weighted by Crippen LogP contribution is 2.36. The van der Waals surface area contributed by atoms with E-state index in [9.17, 15) is 18.3 Å². The summed E-state index contributed by atoms with van der Waals surface area (Å²) >= 11 is 0. The van der Waals surface area contributed by atoms with Gasteiger partial charge in [-0.25, -0.2) is 0 Å². The van der Waals surface area contributed by atoms with Crippen LogP contribution in [0.2, 0.25) is 0 Å². The van der Waals surface area contributed by atoms with Gasteiger partial charge in [0.15, 0.2) is 0 Å². The van der Waals surface area contributed by atoms with Crippen molar-refractivity contribution >= 4 is 16.1 Å². The predicted molar refractivity (Wildman–Crippen MR) is 123 cm³/mol. The van der Waals surface area contributed by atoms with Crippen molar-refractivity contribution in [1.82, 2.24) is 14.3 Å². The molecule has 9 heteroatoms. The number of rotatable bonds is 9. The first-order valence-corrected chi connectivity index (χ1v) is 12.1. The smallest absolute Gasteiger partial charge is 0.279 e. The van der Waals surface area contributed by atoms with Gasteiger partial charge in [-0.2, -0.15) is 17.4 Å². The summed E-state index contributed by atoms with van der Waals surface area (Å²) in [5.74, 6) is 0.273. The van der Waals surface area contributed by atoms with Crippen LogP contribution in [0.3, 0.4) is 0 Å². The van der Waals surface area contributed by atoms with Crippen molar-refractivity contribution < 1.29 is 23.1 Å². The molecule has 8 nitrogen and oxygen atoms in total. The van der Waals surface area contributed by atoms with Gasteiger partial charge in [0, 0.05) is 31.6 Å². The number of para-hydroxylation sites is 1. The molecule has 0 aliphatic carbocycles. The molecule has 1 saturated heterocycles. The van der Waals surface area contributed by atoms with Crippen LogP contribution in [-0.2, 0) is 15.6 Å². The van der Waals surface area contributed by atoms with Crippen LogP contribution in [0.5, 0.6) is 5.75 Å². The molecule has 0 saturated carbocycles. The molecule has 1 aliphatic heterocycles. The minimum absolute atomic E-state index is 0.0301. The first kappa shape index (κ1) is 24.2. The van der Waals surface area contributed by atoms with Crippen molar-refractivity contribution in [3.05, 3.63) is 65.7 Å². The maximum absolute atomic E-state index is 12.9. The molecule has 1 fully saturated rings. The number of carbonyl (C=O) groups excluding carboxylic acids is 1. The number of hydrogen-bond acceptors (Lipinski definition) is 5. The zero-order valence-electron chi connectivity index (χ0n) is 18.5. The molecular formula is C23H31N3O5S. The number of nitrogens with zero attached hydrogens (tertiary/aromatic N) is 1. The van der Waals surface area contributed by atoms with Crippen LogP contribution in [0, 0.1) is 0 Å². The molecule has 0 aromatic heterocycles. The van der Waals surface area contributed by atoms with Crippen molar-refractivity contribution in [3.8, 4) is 5.75 Å². The molecule has 1 unspecified atom stereocenters. The molecule has 0 radical (unpaired) electrons. The second kappa shape index (κ2) is 10.4. The predicted octanol–water partition coefficient (Wildman–Crippen LogP) is 1.67. The fourth-order valence-corrected chi connectivity index (χ4v) is 5.31. The Morgan fingerprint density at radius 2 is 1.75 bits per heavy atom. The lowest BCUT2D eigenvalue weighted by Crippen LogP contribution is -2.53. The van der Waals surface area contributed by atoms with Gasteiger partial charge in [-0.1, -0.05) is 42.5 Å². The summed E-state index contributed by atoms with van der Waals surface area (Å²) in [6.45, 7) is 2.51. The van der Waals surface area contributed by atoms with Crippen molar-refractivity contribution in [1.29, 1.82) is 0 Å². The van der Waals surface area contributed by atoms with Crippen molar-refractivity contribution in [3.63, 3.8) is 0 Å². The van der Waals surface area contributed by atoms with Gasteiger partial charge < -0.3 is 15.2 Å². The maximum Gasteiger partial charge on any atom is 0.279 e. The minimum Gasteiger partial charge on any atom is -0.496 e. The van der Waals surface area contributed by atoms with Crippen molar-refractivity contribution in [2.45, 2.75) is 31.3 Å². The molecule has 1 aliphatic rings. The van der Waals surface area contributed by atoms with Gasteiger partial charge >= 0.3 is 0 Å². The lowest BCUT2D eigenvalue weighted by Gasteiger charge is -2.42. The van der Waals surface area contributed by atoms with E-state index in [1.807, 2.05) is 36.4 Å². The highest BCUT2D eigenvalue weighted by molar-refractivity contribution is 7.87. The molecule has 3 rings (SSSR count). The first-order valence-electron chi connectivity index (χ1n) is 10.7. The number of ether oxygens (including phenoxy) is 1. The van der Waals surface area contributed by atoms with Gasteiger partial charge in [-0.15, -0.1) is 0 Å². The van der Waals surface area contributed by atoms with Crippen LogP contribution in [0.1, 0.15) is 35.7 Å². The summed E-state index contributed by atoms with van der Waals surface area (Å²) < 4.78 is 34.3. The maximum atomic E-state index is 12.9. The highest BCUT2D eigenvalue weighted by Gasteiger charge is 2.39. The van der Waals surface area contributed by atoms with Gasteiger partial charge in [0.1, 0.15) is 5.75 Å². The van der Waals surface area contributed by atoms with Gasteiger partial charge in [0.25, 0.3) is 16.1 Å². The highest BCUT2D eigenvalue weighted by atomic mass is 32.2. The number of hydrogen-bond donors (Lipinski definition) is 3. The molecule has 1 heterocycles. The van der Waals surface area contributed by atoms with Crippen LogP contribution in [0.4, 0.5) is 0 Å². The van der Waals surface area contributed by atoms with Crippen LogP contribution < -0.4 is 14.8 Å². The SMILES string of the molecule is COc1ccccc1C(=O)NCC1(c2ccccc2)CCN(S(=O)(=O)NCC(C)O)CC1. The zero-order chi connectivity index (χ0) is 23.2. The molecule has 174 valence electrons. The lowest BCUT2D eigenvalue weighted by atomic mass is 9.73. The molecule has 1 amide bonds. The molecule has 3 N–H and O–H groups in total. The lowest BCUT2D eigenvalue weighted by molar-refractivity contribution is 0.0929. The van der Waals surface area contributed by atoms with Crippen molar-refractivity contribution in [2.24, 2.45) is 0 Å². The number of nitrogens with one attached hydrogen (secondary N) is 2. The quantitative estimate of drug-likeness (QED) is 0.527. The Balaban J connectivity index is 1.76. The number of aliphatic hydroxyl groups is 1. The molecule has 0 spiro atoms. The van der Waals surface area contributed by atoms with E-state index in [-0.39, 0.29) is 12.5 Å². The Kier molecular flexibility index (Phi) is 7.89. The number of benzene rings is 2. The molecule has 2 aromatic carbocycles. The average Bonchev–Trinajstić information content (AvgIpc) is 2.82. The van der Waals surface area contributed by atoms with E-state index in [4.69, 9.17) is 4.74 Å². The summed E-state index contributed by atoms with van der Waals surface area (Å²) in [6, 6.07) is 16.9. The zero-order valence-corrected chi connectivity index (χ0v) is 19.3. The molecule has 0 bridgehead atoms. The fourth-order valence-electron chi connectivity index (χ4n) is 4.01. The average molecular weight is 462 g/mol. The number of methoxy groups -OCH3 is 1. The van der Waals surface area contributed by atoms with Crippen LogP contribution in [0.15, 0.2) is 54.6 Å². The standard InChI is InChI=1S/C23H31N3O5S/c1-18(27)16-25-32(29,30)26-14-12-23(13-15-26,19-8-4-3-5-9-19)17-24-22(28)20-10-6-7-11-21(20)31-2/h3-11,18,25,27H,12-17H2,1-2H3,(H,24,28). The Bertz CT molecular complexity index is 1000. The number of amides is 1.